The Hall–Kier alpha value is -2.36. The lowest BCUT2D eigenvalue weighted by molar-refractivity contribution is 0.0663. The number of anilines is 2. The first kappa shape index (κ1) is 20.4. The number of pyridine rings is 1. The van der Waals surface area contributed by atoms with Crippen molar-refractivity contribution in [2.75, 3.05) is 55.2 Å². The number of β-amino-alcohol motifs (C(OH)–C–C–N with tert-alkyl or cyclic N) is 1. The molecule has 1 aliphatic rings. The van der Waals surface area contributed by atoms with E-state index >= 15 is 0 Å². The van der Waals surface area contributed by atoms with Crippen molar-refractivity contribution in [1.82, 2.24) is 9.88 Å². The van der Waals surface area contributed by atoms with Gasteiger partial charge in [0.15, 0.2) is 0 Å². The molecule has 1 aromatic heterocycles. The molecular weight excluding hydrogens is 380 g/mol. The van der Waals surface area contributed by atoms with E-state index in [0.717, 1.165) is 38.3 Å². The molecule has 1 atom stereocenters. The Bertz CT molecular complexity index is 838. The van der Waals surface area contributed by atoms with Crippen LogP contribution in [0.4, 0.5) is 11.5 Å². The van der Waals surface area contributed by atoms with E-state index < -0.39 is 16.1 Å². The summed E-state index contributed by atoms with van der Waals surface area (Å²) in [6, 6.07) is 12.5. The number of rotatable bonds is 8. The molecule has 3 rings (SSSR count). The quantitative estimate of drug-likeness (QED) is 0.676. The summed E-state index contributed by atoms with van der Waals surface area (Å²) in [5.74, 6) is 1.57. The van der Waals surface area contributed by atoms with Gasteiger partial charge in [0, 0.05) is 44.6 Å². The second-order valence-corrected chi connectivity index (χ2v) is 8.59. The van der Waals surface area contributed by atoms with Crippen molar-refractivity contribution < 1.29 is 18.3 Å². The standard InChI is InChI=1S/C19H26N4O4S/c1-28(25,26)21-16-5-7-18(8-6-16)27-15-17(24)14-22-10-12-23(13-11-22)19-4-2-3-9-20-19/h2-9,17,21,24H,10-15H2,1H3/t17-/m0/s1. The Balaban J connectivity index is 1.39. The van der Waals surface area contributed by atoms with Gasteiger partial charge in [-0.05, 0) is 36.4 Å². The number of hydrogen-bond donors (Lipinski definition) is 2. The number of ether oxygens (including phenoxy) is 1. The van der Waals surface area contributed by atoms with E-state index in [4.69, 9.17) is 4.74 Å². The molecule has 9 heteroatoms. The molecule has 0 unspecified atom stereocenters. The minimum Gasteiger partial charge on any atom is -0.491 e. The van der Waals surface area contributed by atoms with Crippen molar-refractivity contribution >= 4 is 21.5 Å². The number of sulfonamides is 1. The van der Waals surface area contributed by atoms with Gasteiger partial charge >= 0.3 is 0 Å². The molecule has 0 aliphatic carbocycles. The van der Waals surface area contributed by atoms with Crippen LogP contribution in [0.3, 0.4) is 0 Å². The number of piperazine rings is 1. The van der Waals surface area contributed by atoms with Crippen molar-refractivity contribution in [3.8, 4) is 5.75 Å². The second kappa shape index (κ2) is 9.22. The van der Waals surface area contributed by atoms with E-state index in [2.05, 4.69) is 19.5 Å². The predicted molar refractivity (Wildman–Crippen MR) is 109 cm³/mol. The van der Waals surface area contributed by atoms with Gasteiger partial charge in [-0.15, -0.1) is 0 Å². The van der Waals surface area contributed by atoms with Gasteiger partial charge in [0.25, 0.3) is 0 Å². The summed E-state index contributed by atoms with van der Waals surface area (Å²) in [6.07, 6.45) is 2.30. The number of aliphatic hydroxyl groups is 1. The maximum atomic E-state index is 11.2. The van der Waals surface area contributed by atoms with E-state index in [1.54, 1.807) is 30.5 Å². The van der Waals surface area contributed by atoms with Crippen LogP contribution in [0.2, 0.25) is 0 Å². The van der Waals surface area contributed by atoms with Crippen LogP contribution in [0.5, 0.6) is 5.75 Å². The second-order valence-electron chi connectivity index (χ2n) is 6.84. The Labute approximate surface area is 165 Å². The van der Waals surface area contributed by atoms with Crippen LogP contribution < -0.4 is 14.4 Å². The zero-order valence-electron chi connectivity index (χ0n) is 15.9. The summed E-state index contributed by atoms with van der Waals surface area (Å²) in [4.78, 5) is 8.83. The molecule has 28 heavy (non-hydrogen) atoms. The molecule has 0 amide bonds. The first-order valence-electron chi connectivity index (χ1n) is 9.16. The Morgan fingerprint density at radius 2 is 1.86 bits per heavy atom. The molecule has 2 N–H and O–H groups in total. The van der Waals surface area contributed by atoms with Crippen LogP contribution in [0, 0.1) is 0 Å². The van der Waals surface area contributed by atoms with E-state index in [9.17, 15) is 13.5 Å². The number of hydrogen-bond acceptors (Lipinski definition) is 7. The summed E-state index contributed by atoms with van der Waals surface area (Å²) in [7, 11) is -3.30. The minimum absolute atomic E-state index is 0.180. The number of nitrogens with zero attached hydrogens (tertiary/aromatic N) is 3. The van der Waals surface area contributed by atoms with E-state index in [0.29, 0.717) is 18.0 Å². The smallest absolute Gasteiger partial charge is 0.229 e. The van der Waals surface area contributed by atoms with Gasteiger partial charge in [-0.1, -0.05) is 6.07 Å². The fourth-order valence-electron chi connectivity index (χ4n) is 3.08. The fraction of sp³-hybridized carbons (Fsp3) is 0.421. The lowest BCUT2D eigenvalue weighted by Crippen LogP contribution is -2.49. The average Bonchev–Trinajstić information content (AvgIpc) is 2.68. The van der Waals surface area contributed by atoms with Gasteiger partial charge in [0.2, 0.25) is 10.0 Å². The highest BCUT2D eigenvalue weighted by Crippen LogP contribution is 2.17. The highest BCUT2D eigenvalue weighted by Gasteiger charge is 2.20. The number of aromatic nitrogens is 1. The number of nitrogens with one attached hydrogen (secondary N) is 1. The maximum Gasteiger partial charge on any atom is 0.229 e. The topological polar surface area (TPSA) is 95.0 Å². The largest absolute Gasteiger partial charge is 0.491 e. The molecule has 8 nitrogen and oxygen atoms in total. The average molecular weight is 407 g/mol. The highest BCUT2D eigenvalue weighted by molar-refractivity contribution is 7.92. The maximum absolute atomic E-state index is 11.2. The van der Waals surface area contributed by atoms with Crippen molar-refractivity contribution in [2.24, 2.45) is 0 Å². The molecule has 1 saturated heterocycles. The monoisotopic (exact) mass is 406 g/mol. The van der Waals surface area contributed by atoms with Gasteiger partial charge in [0.05, 0.1) is 6.26 Å². The van der Waals surface area contributed by atoms with Crippen molar-refractivity contribution in [2.45, 2.75) is 6.10 Å². The molecule has 1 aromatic carbocycles. The van der Waals surface area contributed by atoms with Crippen LogP contribution in [-0.2, 0) is 10.0 Å². The van der Waals surface area contributed by atoms with Gasteiger partial charge in [0.1, 0.15) is 24.3 Å². The van der Waals surface area contributed by atoms with E-state index in [1.807, 2.05) is 18.2 Å². The van der Waals surface area contributed by atoms with Crippen LogP contribution in [0.25, 0.3) is 0 Å². The summed E-state index contributed by atoms with van der Waals surface area (Å²) in [5.41, 5.74) is 0.473. The van der Waals surface area contributed by atoms with Crippen LogP contribution in [-0.4, -0.2) is 75.1 Å². The molecule has 1 fully saturated rings. The Morgan fingerprint density at radius 3 is 2.46 bits per heavy atom. The van der Waals surface area contributed by atoms with Gasteiger partial charge in [-0.3, -0.25) is 9.62 Å². The molecular formula is C19H26N4O4S. The first-order valence-corrected chi connectivity index (χ1v) is 11.1. The van der Waals surface area contributed by atoms with Crippen LogP contribution >= 0.6 is 0 Å². The van der Waals surface area contributed by atoms with Gasteiger partial charge in [-0.25, -0.2) is 13.4 Å². The number of aliphatic hydroxyl groups excluding tert-OH is 1. The third-order valence-electron chi connectivity index (χ3n) is 4.41. The molecule has 2 aromatic rings. The van der Waals surface area contributed by atoms with Crippen molar-refractivity contribution in [3.63, 3.8) is 0 Å². The van der Waals surface area contributed by atoms with Crippen LogP contribution in [0.1, 0.15) is 0 Å². The molecule has 0 radical (unpaired) electrons. The zero-order chi connectivity index (χ0) is 20.0. The van der Waals surface area contributed by atoms with Crippen molar-refractivity contribution in [3.05, 3.63) is 48.7 Å². The molecule has 152 valence electrons. The molecule has 1 aliphatic heterocycles. The SMILES string of the molecule is CS(=O)(=O)Nc1ccc(OC[C@@H](O)CN2CCN(c3ccccn3)CC2)cc1. The summed E-state index contributed by atoms with van der Waals surface area (Å²) < 4.78 is 30.4. The van der Waals surface area contributed by atoms with E-state index in [-0.39, 0.29) is 6.61 Å². The number of benzene rings is 1. The molecule has 0 bridgehead atoms. The van der Waals surface area contributed by atoms with Crippen LogP contribution in [0.15, 0.2) is 48.7 Å². The zero-order valence-corrected chi connectivity index (χ0v) is 16.7. The van der Waals surface area contributed by atoms with Gasteiger partial charge < -0.3 is 14.7 Å². The molecule has 0 spiro atoms. The normalized spacial score (nSPS) is 16.6. The lowest BCUT2D eigenvalue weighted by Gasteiger charge is -2.36. The Morgan fingerprint density at radius 1 is 1.14 bits per heavy atom. The fourth-order valence-corrected chi connectivity index (χ4v) is 3.64. The minimum atomic E-state index is -3.30. The highest BCUT2D eigenvalue weighted by atomic mass is 32.2. The molecule has 2 heterocycles. The third kappa shape index (κ3) is 6.36. The lowest BCUT2D eigenvalue weighted by atomic mass is 10.2. The summed E-state index contributed by atoms with van der Waals surface area (Å²) in [6.45, 7) is 4.20. The predicted octanol–water partition coefficient (Wildman–Crippen LogP) is 1.01. The Kier molecular flexibility index (Phi) is 6.71. The van der Waals surface area contributed by atoms with E-state index in [1.165, 1.54) is 0 Å². The first-order chi connectivity index (χ1) is 13.4. The molecule has 0 saturated carbocycles. The summed E-state index contributed by atoms with van der Waals surface area (Å²) in [5, 5.41) is 10.3. The summed E-state index contributed by atoms with van der Waals surface area (Å²) >= 11 is 0. The third-order valence-corrected chi connectivity index (χ3v) is 5.02. The van der Waals surface area contributed by atoms with Gasteiger partial charge in [-0.2, -0.15) is 0 Å². The van der Waals surface area contributed by atoms with Crippen molar-refractivity contribution in [1.29, 1.82) is 0 Å².